The molecule has 0 aliphatic heterocycles. The molecule has 2 heterocycles. The van der Waals surface area contributed by atoms with Gasteiger partial charge in [0, 0.05) is 33.0 Å². The number of ether oxygens (including phenoxy) is 1. The zero-order valence-electron chi connectivity index (χ0n) is 13.5. The van der Waals surface area contributed by atoms with Gasteiger partial charge in [-0.25, -0.2) is 4.98 Å². The lowest BCUT2D eigenvalue weighted by Crippen LogP contribution is -2.27. The van der Waals surface area contributed by atoms with E-state index < -0.39 is 0 Å². The summed E-state index contributed by atoms with van der Waals surface area (Å²) >= 11 is 0. The summed E-state index contributed by atoms with van der Waals surface area (Å²) in [6, 6.07) is 5.38. The van der Waals surface area contributed by atoms with Gasteiger partial charge in [0.05, 0.1) is 5.52 Å². The molecule has 0 radical (unpaired) electrons. The number of aromatic nitrogens is 2. The number of methoxy groups -OCH3 is 1. The second-order valence-electron chi connectivity index (χ2n) is 5.10. The molecule has 0 aliphatic rings. The van der Waals surface area contributed by atoms with Crippen molar-refractivity contribution in [2.75, 3.05) is 26.8 Å². The normalized spacial score (nSPS) is 10.7. The summed E-state index contributed by atoms with van der Waals surface area (Å²) in [5.41, 5.74) is 0.879. The number of hydrogen-bond donors (Lipinski definition) is 2. The molecule has 0 atom stereocenters. The third-order valence-corrected chi connectivity index (χ3v) is 3.31. The van der Waals surface area contributed by atoms with Gasteiger partial charge >= 0.3 is 0 Å². The molecular weight excluding hydrogens is 296 g/mol. The summed E-state index contributed by atoms with van der Waals surface area (Å²) in [5.74, 6) is -0.370. The van der Waals surface area contributed by atoms with Gasteiger partial charge in [-0.15, -0.1) is 0 Å². The molecule has 0 bridgehead atoms. The van der Waals surface area contributed by atoms with Crippen LogP contribution in [0.25, 0.3) is 5.52 Å². The van der Waals surface area contributed by atoms with Crippen LogP contribution in [0, 0.1) is 0 Å². The molecule has 0 saturated heterocycles. The van der Waals surface area contributed by atoms with Crippen LogP contribution in [0.3, 0.4) is 0 Å². The van der Waals surface area contributed by atoms with Crippen LogP contribution in [0.1, 0.15) is 40.9 Å². The Balaban J connectivity index is 2.23. The van der Waals surface area contributed by atoms with Crippen LogP contribution in [0.2, 0.25) is 0 Å². The minimum absolute atomic E-state index is 0.208. The molecule has 0 aliphatic carbocycles. The number of carbonyl (C=O) groups is 2. The molecule has 2 rings (SSSR count). The average Bonchev–Trinajstić information content (AvgIpc) is 2.96. The highest BCUT2D eigenvalue weighted by Crippen LogP contribution is 2.13. The average molecular weight is 318 g/mol. The topological polar surface area (TPSA) is 84.7 Å². The highest BCUT2D eigenvalue weighted by molar-refractivity contribution is 6.02. The van der Waals surface area contributed by atoms with E-state index in [0.717, 1.165) is 12.8 Å². The molecule has 2 N–H and O–H groups in total. The first kappa shape index (κ1) is 17.0. The van der Waals surface area contributed by atoms with E-state index in [-0.39, 0.29) is 23.3 Å². The van der Waals surface area contributed by atoms with Crippen LogP contribution in [-0.2, 0) is 4.74 Å². The lowest BCUT2D eigenvalue weighted by molar-refractivity contribution is 0.0937. The highest BCUT2D eigenvalue weighted by Gasteiger charge is 2.20. The van der Waals surface area contributed by atoms with Crippen LogP contribution in [0.5, 0.6) is 0 Å². The van der Waals surface area contributed by atoms with E-state index in [1.807, 2.05) is 13.0 Å². The zero-order valence-corrected chi connectivity index (χ0v) is 13.5. The zero-order chi connectivity index (χ0) is 16.7. The SMILES string of the molecule is CCCNC(=O)c1nc(C(=O)NCCCOC)n2ccccc12. The van der Waals surface area contributed by atoms with E-state index in [4.69, 9.17) is 4.74 Å². The van der Waals surface area contributed by atoms with E-state index in [1.54, 1.807) is 29.8 Å². The number of fused-ring (bicyclic) bond motifs is 1. The monoisotopic (exact) mass is 318 g/mol. The molecule has 124 valence electrons. The van der Waals surface area contributed by atoms with E-state index >= 15 is 0 Å². The Bertz CT molecular complexity index is 681. The minimum Gasteiger partial charge on any atom is -0.385 e. The Morgan fingerprint density at radius 2 is 2.00 bits per heavy atom. The smallest absolute Gasteiger partial charge is 0.287 e. The first-order chi connectivity index (χ1) is 11.2. The van der Waals surface area contributed by atoms with Crippen LogP contribution in [0.15, 0.2) is 24.4 Å². The number of pyridine rings is 1. The van der Waals surface area contributed by atoms with E-state index in [1.165, 1.54) is 0 Å². The third kappa shape index (κ3) is 4.07. The summed E-state index contributed by atoms with van der Waals surface area (Å²) in [5, 5.41) is 5.58. The second kappa shape index (κ2) is 8.28. The van der Waals surface area contributed by atoms with Crippen molar-refractivity contribution >= 4 is 17.3 Å². The van der Waals surface area contributed by atoms with Gasteiger partial charge in [0.2, 0.25) is 5.82 Å². The molecule has 0 spiro atoms. The molecular formula is C16H22N4O3. The van der Waals surface area contributed by atoms with Gasteiger partial charge in [0.25, 0.3) is 11.8 Å². The lowest BCUT2D eigenvalue weighted by atomic mass is 10.3. The van der Waals surface area contributed by atoms with Gasteiger partial charge in [0.15, 0.2) is 5.69 Å². The second-order valence-corrected chi connectivity index (χ2v) is 5.10. The Labute approximate surface area is 135 Å². The number of rotatable bonds is 8. The van der Waals surface area contributed by atoms with Crippen LogP contribution in [0.4, 0.5) is 0 Å². The fraction of sp³-hybridized carbons (Fsp3) is 0.438. The van der Waals surface area contributed by atoms with Crippen molar-refractivity contribution in [1.82, 2.24) is 20.0 Å². The van der Waals surface area contributed by atoms with Crippen LogP contribution < -0.4 is 10.6 Å². The summed E-state index contributed by atoms with van der Waals surface area (Å²) in [7, 11) is 1.62. The standard InChI is InChI=1S/C16H22N4O3/c1-3-8-17-15(21)13-12-7-4-5-10-20(12)14(19-13)16(22)18-9-6-11-23-2/h4-5,7,10H,3,6,8-9,11H2,1-2H3,(H,17,21)(H,18,22). The summed E-state index contributed by atoms with van der Waals surface area (Å²) in [6.45, 7) is 3.62. The van der Waals surface area contributed by atoms with Crippen molar-refractivity contribution in [3.8, 4) is 0 Å². The van der Waals surface area contributed by atoms with Crippen LogP contribution >= 0.6 is 0 Å². The lowest BCUT2D eigenvalue weighted by Gasteiger charge is -2.03. The first-order valence-electron chi connectivity index (χ1n) is 7.71. The molecule has 0 saturated carbocycles. The molecule has 0 aromatic carbocycles. The number of nitrogens with zero attached hydrogens (tertiary/aromatic N) is 2. The number of carbonyl (C=O) groups excluding carboxylic acids is 2. The maximum Gasteiger partial charge on any atom is 0.287 e. The van der Waals surface area contributed by atoms with Crippen LogP contribution in [-0.4, -0.2) is 48.0 Å². The predicted molar refractivity (Wildman–Crippen MR) is 86.6 cm³/mol. The Kier molecular flexibility index (Phi) is 6.10. The van der Waals surface area contributed by atoms with Crippen molar-refractivity contribution in [2.45, 2.75) is 19.8 Å². The third-order valence-electron chi connectivity index (χ3n) is 3.31. The van der Waals surface area contributed by atoms with E-state index in [2.05, 4.69) is 15.6 Å². The van der Waals surface area contributed by atoms with E-state index in [0.29, 0.717) is 25.2 Å². The van der Waals surface area contributed by atoms with Gasteiger partial charge in [-0.3, -0.25) is 14.0 Å². The van der Waals surface area contributed by atoms with Crippen molar-refractivity contribution < 1.29 is 14.3 Å². The maximum absolute atomic E-state index is 12.3. The summed E-state index contributed by atoms with van der Waals surface area (Å²) in [6.07, 6.45) is 3.28. The number of hydrogen-bond acceptors (Lipinski definition) is 4. The molecule has 2 aromatic rings. The largest absolute Gasteiger partial charge is 0.385 e. The molecule has 2 aromatic heterocycles. The number of nitrogens with one attached hydrogen (secondary N) is 2. The van der Waals surface area contributed by atoms with E-state index in [9.17, 15) is 9.59 Å². The fourth-order valence-electron chi connectivity index (χ4n) is 2.18. The van der Waals surface area contributed by atoms with Crippen molar-refractivity contribution in [3.05, 3.63) is 35.9 Å². The Morgan fingerprint density at radius 3 is 2.74 bits per heavy atom. The minimum atomic E-state index is -0.308. The van der Waals surface area contributed by atoms with Crippen molar-refractivity contribution in [3.63, 3.8) is 0 Å². The predicted octanol–water partition coefficient (Wildman–Crippen LogP) is 1.24. The van der Waals surface area contributed by atoms with Crippen molar-refractivity contribution in [1.29, 1.82) is 0 Å². The van der Waals surface area contributed by atoms with Crippen molar-refractivity contribution in [2.24, 2.45) is 0 Å². The van der Waals surface area contributed by atoms with Gasteiger partial charge in [-0.1, -0.05) is 13.0 Å². The highest BCUT2D eigenvalue weighted by atomic mass is 16.5. The molecule has 0 fully saturated rings. The fourth-order valence-corrected chi connectivity index (χ4v) is 2.18. The number of amides is 2. The van der Waals surface area contributed by atoms with Gasteiger partial charge in [0.1, 0.15) is 0 Å². The summed E-state index contributed by atoms with van der Waals surface area (Å²) < 4.78 is 6.58. The first-order valence-corrected chi connectivity index (χ1v) is 7.71. The molecule has 2 amide bonds. The summed E-state index contributed by atoms with van der Waals surface area (Å²) in [4.78, 5) is 28.8. The molecule has 0 unspecified atom stereocenters. The maximum atomic E-state index is 12.3. The number of imidazole rings is 1. The quantitative estimate of drug-likeness (QED) is 0.717. The van der Waals surface area contributed by atoms with Gasteiger partial charge in [-0.2, -0.15) is 0 Å². The molecule has 7 heteroatoms. The molecule has 23 heavy (non-hydrogen) atoms. The Morgan fingerprint density at radius 1 is 1.22 bits per heavy atom. The van der Waals surface area contributed by atoms with Gasteiger partial charge < -0.3 is 15.4 Å². The van der Waals surface area contributed by atoms with Gasteiger partial charge in [-0.05, 0) is 25.0 Å². The Hall–Kier alpha value is -2.41. The molecule has 7 nitrogen and oxygen atoms in total.